The zero-order valence-corrected chi connectivity index (χ0v) is 13.4. The number of carbonyl (C=O) groups is 1. The smallest absolute Gasteiger partial charge is 0.246 e. The van der Waals surface area contributed by atoms with E-state index < -0.39 is 17.7 Å². The van der Waals surface area contributed by atoms with Gasteiger partial charge in [-0.1, -0.05) is 0 Å². The lowest BCUT2D eigenvalue weighted by Crippen LogP contribution is -2.49. The highest BCUT2D eigenvalue weighted by atomic mass is 19.1. The molecule has 0 aromatic heterocycles. The molecule has 1 N–H and O–H groups in total. The van der Waals surface area contributed by atoms with Crippen LogP contribution in [0.4, 0.5) is 8.78 Å². The van der Waals surface area contributed by atoms with Crippen LogP contribution in [0.15, 0.2) is 23.3 Å². The van der Waals surface area contributed by atoms with E-state index in [9.17, 15) is 13.6 Å². The molecule has 2 heterocycles. The van der Waals surface area contributed by atoms with E-state index in [2.05, 4.69) is 24.3 Å². The Kier molecular flexibility index (Phi) is 4.19. The van der Waals surface area contributed by atoms with Gasteiger partial charge in [-0.3, -0.25) is 4.79 Å². The van der Waals surface area contributed by atoms with E-state index in [4.69, 9.17) is 0 Å². The van der Waals surface area contributed by atoms with E-state index in [1.165, 1.54) is 17.1 Å². The molecule has 2 aliphatic heterocycles. The van der Waals surface area contributed by atoms with Crippen LogP contribution in [0.25, 0.3) is 0 Å². The maximum absolute atomic E-state index is 13.5. The van der Waals surface area contributed by atoms with E-state index in [1.807, 2.05) is 0 Å². The van der Waals surface area contributed by atoms with Gasteiger partial charge in [0.2, 0.25) is 5.91 Å². The highest BCUT2D eigenvalue weighted by Gasteiger charge is 2.37. The SMILES string of the molecule is CC1(C)CC(C(=O)N2N=CCC2c2cc(F)cc(F)c2)CCN1. The predicted molar refractivity (Wildman–Crippen MR) is 83.9 cm³/mol. The zero-order valence-electron chi connectivity index (χ0n) is 13.4. The molecule has 1 amide bonds. The molecule has 0 spiro atoms. The molecule has 0 saturated carbocycles. The molecule has 1 fully saturated rings. The van der Waals surface area contributed by atoms with E-state index in [0.717, 1.165) is 25.5 Å². The average molecular weight is 321 g/mol. The summed E-state index contributed by atoms with van der Waals surface area (Å²) in [5, 5.41) is 8.96. The summed E-state index contributed by atoms with van der Waals surface area (Å²) < 4.78 is 26.9. The van der Waals surface area contributed by atoms with Crippen LogP contribution in [-0.2, 0) is 4.79 Å². The topological polar surface area (TPSA) is 44.7 Å². The molecule has 1 aromatic carbocycles. The van der Waals surface area contributed by atoms with Gasteiger partial charge in [-0.25, -0.2) is 13.8 Å². The zero-order chi connectivity index (χ0) is 16.6. The van der Waals surface area contributed by atoms with E-state index in [1.54, 1.807) is 6.21 Å². The number of nitrogens with one attached hydrogen (secondary N) is 1. The molecule has 2 atom stereocenters. The van der Waals surface area contributed by atoms with Crippen molar-refractivity contribution in [2.45, 2.75) is 44.7 Å². The Morgan fingerprint density at radius 1 is 1.30 bits per heavy atom. The number of benzene rings is 1. The third-order valence-corrected chi connectivity index (χ3v) is 4.53. The number of amides is 1. The summed E-state index contributed by atoms with van der Waals surface area (Å²) in [6.45, 7) is 4.92. The molecular weight excluding hydrogens is 300 g/mol. The minimum Gasteiger partial charge on any atom is -0.312 e. The van der Waals surface area contributed by atoms with Crippen LogP contribution in [-0.4, -0.2) is 29.2 Å². The third-order valence-electron chi connectivity index (χ3n) is 4.53. The second kappa shape index (κ2) is 6.00. The van der Waals surface area contributed by atoms with Gasteiger partial charge in [0.1, 0.15) is 11.6 Å². The second-order valence-corrected chi connectivity index (χ2v) is 6.94. The van der Waals surface area contributed by atoms with Crippen LogP contribution in [0.1, 0.15) is 44.7 Å². The Morgan fingerprint density at radius 2 is 2.00 bits per heavy atom. The molecule has 0 bridgehead atoms. The molecule has 1 saturated heterocycles. The van der Waals surface area contributed by atoms with Gasteiger partial charge in [0, 0.05) is 30.2 Å². The Bertz CT molecular complexity index is 624. The molecule has 0 aliphatic carbocycles. The molecule has 23 heavy (non-hydrogen) atoms. The molecule has 1 aromatic rings. The standard InChI is InChI=1S/C17H21F2N3O/c1-17(2)10-11(3-5-20-17)16(23)22-15(4-6-21-22)12-7-13(18)9-14(19)8-12/h6-9,11,15,20H,3-5,10H2,1-2H3. The first-order valence-electron chi connectivity index (χ1n) is 7.92. The van der Waals surface area contributed by atoms with Gasteiger partial charge >= 0.3 is 0 Å². The Morgan fingerprint density at radius 3 is 2.65 bits per heavy atom. The summed E-state index contributed by atoms with van der Waals surface area (Å²) in [5.41, 5.74) is 0.351. The number of carbonyl (C=O) groups excluding carboxylic acids is 1. The van der Waals surface area contributed by atoms with Crippen molar-refractivity contribution in [1.82, 2.24) is 10.3 Å². The van der Waals surface area contributed by atoms with Crippen LogP contribution in [0.2, 0.25) is 0 Å². The number of halogens is 2. The van der Waals surface area contributed by atoms with Crippen molar-refractivity contribution in [3.8, 4) is 0 Å². The molecular formula is C17H21F2N3O. The van der Waals surface area contributed by atoms with Gasteiger partial charge in [-0.15, -0.1) is 0 Å². The fraction of sp³-hybridized carbons (Fsp3) is 0.529. The minimum absolute atomic E-state index is 0.0667. The predicted octanol–water partition coefficient (Wildman–Crippen LogP) is 3.00. The average Bonchev–Trinajstić information content (AvgIpc) is 2.93. The number of hydrazone groups is 1. The molecule has 4 nitrogen and oxygen atoms in total. The van der Waals surface area contributed by atoms with E-state index in [0.29, 0.717) is 12.0 Å². The molecule has 2 unspecified atom stereocenters. The normalized spacial score (nSPS) is 26.5. The Labute approximate surface area is 134 Å². The second-order valence-electron chi connectivity index (χ2n) is 6.94. The van der Waals surface area contributed by atoms with E-state index >= 15 is 0 Å². The van der Waals surface area contributed by atoms with Gasteiger partial charge in [-0.05, 0) is 50.9 Å². The van der Waals surface area contributed by atoms with Gasteiger partial charge in [0.15, 0.2) is 0 Å². The van der Waals surface area contributed by atoms with Crippen LogP contribution in [0.5, 0.6) is 0 Å². The van der Waals surface area contributed by atoms with Gasteiger partial charge in [0.05, 0.1) is 6.04 Å². The van der Waals surface area contributed by atoms with Crippen molar-refractivity contribution in [3.05, 3.63) is 35.4 Å². The van der Waals surface area contributed by atoms with Crippen molar-refractivity contribution < 1.29 is 13.6 Å². The van der Waals surface area contributed by atoms with Gasteiger partial charge < -0.3 is 5.32 Å². The van der Waals surface area contributed by atoms with Gasteiger partial charge in [-0.2, -0.15) is 5.10 Å². The Hall–Kier alpha value is -1.82. The minimum atomic E-state index is -0.637. The monoisotopic (exact) mass is 321 g/mol. The number of piperidine rings is 1. The quantitative estimate of drug-likeness (QED) is 0.910. The first kappa shape index (κ1) is 16.1. The number of hydrogen-bond donors (Lipinski definition) is 1. The summed E-state index contributed by atoms with van der Waals surface area (Å²) in [5.74, 6) is -1.46. The summed E-state index contributed by atoms with van der Waals surface area (Å²) >= 11 is 0. The van der Waals surface area contributed by atoms with Crippen LogP contribution >= 0.6 is 0 Å². The molecule has 124 valence electrons. The third kappa shape index (κ3) is 3.42. The Balaban J connectivity index is 1.80. The first-order chi connectivity index (χ1) is 10.9. The van der Waals surface area contributed by atoms with E-state index in [-0.39, 0.29) is 17.4 Å². The van der Waals surface area contributed by atoms with Crippen LogP contribution < -0.4 is 5.32 Å². The lowest BCUT2D eigenvalue weighted by Gasteiger charge is -2.37. The molecule has 0 radical (unpaired) electrons. The highest BCUT2D eigenvalue weighted by molar-refractivity contribution is 5.82. The lowest BCUT2D eigenvalue weighted by atomic mass is 9.83. The highest BCUT2D eigenvalue weighted by Crippen LogP contribution is 2.33. The van der Waals surface area contributed by atoms with Crippen molar-refractivity contribution in [2.75, 3.05) is 6.54 Å². The molecule has 6 heteroatoms. The number of hydrogen-bond acceptors (Lipinski definition) is 3. The number of nitrogens with zero attached hydrogens (tertiary/aromatic N) is 2. The fourth-order valence-corrected chi connectivity index (χ4v) is 3.44. The fourth-order valence-electron chi connectivity index (χ4n) is 3.44. The maximum Gasteiger partial charge on any atom is 0.246 e. The molecule has 2 aliphatic rings. The van der Waals surface area contributed by atoms with Crippen LogP contribution in [0.3, 0.4) is 0 Å². The van der Waals surface area contributed by atoms with Crippen LogP contribution in [0, 0.1) is 17.6 Å². The number of rotatable bonds is 2. The summed E-state index contributed by atoms with van der Waals surface area (Å²) in [6.07, 6.45) is 3.58. The van der Waals surface area contributed by atoms with Gasteiger partial charge in [0.25, 0.3) is 0 Å². The lowest BCUT2D eigenvalue weighted by molar-refractivity contribution is -0.139. The van der Waals surface area contributed by atoms with Crippen molar-refractivity contribution in [1.29, 1.82) is 0 Å². The first-order valence-corrected chi connectivity index (χ1v) is 7.92. The van der Waals surface area contributed by atoms with Crippen molar-refractivity contribution >= 4 is 12.1 Å². The van der Waals surface area contributed by atoms with Crippen molar-refractivity contribution in [2.24, 2.45) is 11.0 Å². The maximum atomic E-state index is 13.5. The summed E-state index contributed by atoms with van der Waals surface area (Å²) in [4.78, 5) is 12.8. The largest absolute Gasteiger partial charge is 0.312 e. The molecule has 3 rings (SSSR count). The summed E-state index contributed by atoms with van der Waals surface area (Å²) in [6, 6.07) is 2.95. The summed E-state index contributed by atoms with van der Waals surface area (Å²) in [7, 11) is 0. The van der Waals surface area contributed by atoms with Crippen molar-refractivity contribution in [3.63, 3.8) is 0 Å².